The highest BCUT2D eigenvalue weighted by Gasteiger charge is 2.44. The molecule has 3 heterocycles. The van der Waals surface area contributed by atoms with Crippen LogP contribution in [0.5, 0.6) is 0 Å². The molecule has 0 spiro atoms. The number of primary amides is 1. The Morgan fingerprint density at radius 3 is 2.78 bits per heavy atom. The number of rotatable bonds is 7. The van der Waals surface area contributed by atoms with Gasteiger partial charge in [0, 0.05) is 24.3 Å². The van der Waals surface area contributed by atoms with E-state index >= 15 is 0 Å². The van der Waals surface area contributed by atoms with Gasteiger partial charge in [0.25, 0.3) is 0 Å². The van der Waals surface area contributed by atoms with Gasteiger partial charge in [-0.05, 0) is 80.4 Å². The van der Waals surface area contributed by atoms with E-state index in [1.807, 2.05) is 31.3 Å². The molecular weight excluding hydrogens is 506 g/mol. The number of nitrogens with two attached hydrogens (primary N) is 1. The molecule has 5 rings (SSSR count). The summed E-state index contributed by atoms with van der Waals surface area (Å²) in [5.74, 6) is -0.145. The molecule has 212 valence electrons. The summed E-state index contributed by atoms with van der Waals surface area (Å²) in [7, 11) is 0. The van der Waals surface area contributed by atoms with E-state index in [4.69, 9.17) is 5.73 Å². The van der Waals surface area contributed by atoms with Crippen LogP contribution >= 0.6 is 0 Å². The molecule has 6 nitrogen and oxygen atoms in total. The molecule has 2 aromatic rings. The van der Waals surface area contributed by atoms with Crippen molar-refractivity contribution in [2.45, 2.75) is 64.3 Å². The highest BCUT2D eigenvalue weighted by molar-refractivity contribution is 5.85. The van der Waals surface area contributed by atoms with Gasteiger partial charge in [-0.15, -0.1) is 0 Å². The summed E-state index contributed by atoms with van der Waals surface area (Å²) >= 11 is 0. The van der Waals surface area contributed by atoms with Crippen molar-refractivity contribution in [1.29, 1.82) is 0 Å². The molecule has 1 aliphatic heterocycles. The van der Waals surface area contributed by atoms with Gasteiger partial charge in [0.05, 0.1) is 17.6 Å². The normalized spacial score (nSPS) is 23.7. The molecule has 3 N–H and O–H groups in total. The molecule has 41 heavy (non-hydrogen) atoms. The van der Waals surface area contributed by atoms with Gasteiger partial charge in [-0.3, -0.25) is 19.8 Å². The van der Waals surface area contributed by atoms with Gasteiger partial charge in [0.2, 0.25) is 5.91 Å². The van der Waals surface area contributed by atoms with Crippen molar-refractivity contribution < 1.29 is 4.79 Å². The van der Waals surface area contributed by atoms with Gasteiger partial charge in [0.1, 0.15) is 5.54 Å². The first kappa shape index (κ1) is 28.5. The molecule has 2 aromatic heterocycles. The highest BCUT2D eigenvalue weighted by Crippen LogP contribution is 2.37. The quantitative estimate of drug-likeness (QED) is 0.368. The van der Waals surface area contributed by atoms with E-state index in [1.165, 1.54) is 11.1 Å². The molecule has 0 unspecified atom stereocenters. The lowest BCUT2D eigenvalue weighted by atomic mass is 9.93. The number of carbonyl (C=O) groups excluding carboxylic acids is 1. The number of aryl methyl sites for hydroxylation is 1. The Hall–Kier alpha value is -4.03. The molecule has 0 radical (unpaired) electrons. The van der Waals surface area contributed by atoms with Gasteiger partial charge >= 0.3 is 0 Å². The zero-order valence-electron chi connectivity index (χ0n) is 24.3. The van der Waals surface area contributed by atoms with E-state index in [2.05, 4.69) is 82.2 Å². The van der Waals surface area contributed by atoms with Crippen molar-refractivity contribution in [2.75, 3.05) is 13.1 Å². The third-order valence-corrected chi connectivity index (χ3v) is 8.65. The molecule has 1 amide bonds. The lowest BCUT2D eigenvalue weighted by molar-refractivity contribution is -0.130. The van der Waals surface area contributed by atoms with Crippen LogP contribution in [0.15, 0.2) is 102 Å². The number of hydrogen-bond acceptors (Lipinski definition) is 4. The van der Waals surface area contributed by atoms with E-state index < -0.39 is 5.54 Å². The SMILES string of the molecule is C=C1\C=C/C(c2cn[nH]c2-c2cccc(C)n2)=C/C=C/C1=C/C(=C\C)CC1=CCCN(C2(C(N)=O)CCCC2)CC1. The Bertz CT molecular complexity index is 1490. The third-order valence-electron chi connectivity index (χ3n) is 8.65. The number of H-pyrrole nitrogens is 1. The summed E-state index contributed by atoms with van der Waals surface area (Å²) in [4.78, 5) is 19.5. The standard InChI is InChI=1S/C35H41N5O/c1-4-27(22-28-11-9-20-40(21-17-28)35(34(36)41)18-5-6-19-35)23-30-13-8-12-29(16-15-25(30)2)31-24-37-39-33(31)32-14-7-10-26(3)38-32/h4,7-8,10-16,23-24H,2,5-6,9,17-22H2,1,3H3,(H2,36,41)(H,37,39)/b13-8+,16-15-,27-4-,29-12-,30-23-. The number of nitrogens with one attached hydrogen (secondary N) is 1. The second kappa shape index (κ2) is 12.6. The van der Waals surface area contributed by atoms with Crippen molar-refractivity contribution in [3.8, 4) is 11.4 Å². The fraction of sp³-hybridized carbons (Fsp3) is 0.343. The first-order valence-electron chi connectivity index (χ1n) is 14.7. The summed E-state index contributed by atoms with van der Waals surface area (Å²) in [5.41, 5.74) is 15.0. The molecule has 0 atom stereocenters. The largest absolute Gasteiger partial charge is 0.368 e. The number of carbonyl (C=O) groups is 1. The van der Waals surface area contributed by atoms with Crippen LogP contribution in [0.3, 0.4) is 0 Å². The lowest BCUT2D eigenvalue weighted by Gasteiger charge is -2.38. The average molecular weight is 548 g/mol. The molecule has 6 heteroatoms. The molecule has 0 bridgehead atoms. The maximum atomic E-state index is 12.4. The number of allylic oxidation sites excluding steroid dienone is 11. The van der Waals surface area contributed by atoms with E-state index in [-0.39, 0.29) is 5.91 Å². The zero-order chi connectivity index (χ0) is 28.8. The van der Waals surface area contributed by atoms with Crippen LogP contribution in [0.2, 0.25) is 0 Å². The second-order valence-corrected chi connectivity index (χ2v) is 11.3. The Balaban J connectivity index is 1.29. The van der Waals surface area contributed by atoms with Crippen molar-refractivity contribution in [2.24, 2.45) is 5.73 Å². The number of aromatic amines is 1. The van der Waals surface area contributed by atoms with Crippen LogP contribution in [-0.4, -0.2) is 44.6 Å². The van der Waals surface area contributed by atoms with E-state index in [9.17, 15) is 4.79 Å². The van der Waals surface area contributed by atoms with Gasteiger partial charge in [-0.25, -0.2) is 0 Å². The zero-order valence-corrected chi connectivity index (χ0v) is 24.3. The maximum absolute atomic E-state index is 12.4. The van der Waals surface area contributed by atoms with Gasteiger partial charge in [0.15, 0.2) is 0 Å². The summed E-state index contributed by atoms with van der Waals surface area (Å²) < 4.78 is 0. The number of nitrogens with zero attached hydrogens (tertiary/aromatic N) is 3. The molecular formula is C35H41N5O. The fourth-order valence-corrected chi connectivity index (χ4v) is 6.29. The fourth-order valence-electron chi connectivity index (χ4n) is 6.29. The van der Waals surface area contributed by atoms with E-state index in [1.54, 1.807) is 0 Å². The number of pyridine rings is 1. The minimum atomic E-state index is -0.442. The molecule has 0 saturated heterocycles. The van der Waals surface area contributed by atoms with Crippen molar-refractivity contribution in [3.63, 3.8) is 0 Å². The second-order valence-electron chi connectivity index (χ2n) is 11.3. The van der Waals surface area contributed by atoms with Gasteiger partial charge in [-0.2, -0.15) is 5.10 Å². The van der Waals surface area contributed by atoms with E-state index in [0.29, 0.717) is 0 Å². The van der Waals surface area contributed by atoms with Crippen LogP contribution in [0.4, 0.5) is 0 Å². The van der Waals surface area contributed by atoms with Crippen LogP contribution < -0.4 is 5.73 Å². The maximum Gasteiger partial charge on any atom is 0.237 e. The van der Waals surface area contributed by atoms with Crippen LogP contribution in [0.1, 0.15) is 63.1 Å². The Morgan fingerprint density at radius 2 is 2.02 bits per heavy atom. The Morgan fingerprint density at radius 1 is 1.20 bits per heavy atom. The first-order chi connectivity index (χ1) is 19.9. The van der Waals surface area contributed by atoms with Crippen LogP contribution in [0.25, 0.3) is 17.0 Å². The predicted molar refractivity (Wildman–Crippen MR) is 168 cm³/mol. The van der Waals surface area contributed by atoms with Crippen molar-refractivity contribution >= 4 is 11.5 Å². The molecule has 2 aliphatic carbocycles. The summed E-state index contributed by atoms with van der Waals surface area (Å²) in [6.45, 7) is 10.2. The van der Waals surface area contributed by atoms with Crippen LogP contribution in [0, 0.1) is 6.92 Å². The lowest BCUT2D eigenvalue weighted by Crippen LogP contribution is -2.56. The highest BCUT2D eigenvalue weighted by atomic mass is 16.1. The number of hydrogen-bond donors (Lipinski definition) is 2. The summed E-state index contributed by atoms with van der Waals surface area (Å²) in [6, 6.07) is 6.00. The number of amides is 1. The van der Waals surface area contributed by atoms with Gasteiger partial charge < -0.3 is 5.73 Å². The van der Waals surface area contributed by atoms with E-state index in [0.717, 1.165) is 97.4 Å². The van der Waals surface area contributed by atoms with Crippen LogP contribution in [-0.2, 0) is 4.79 Å². The summed E-state index contributed by atoms with van der Waals surface area (Å²) in [6.07, 6.45) is 25.9. The monoisotopic (exact) mass is 547 g/mol. The third kappa shape index (κ3) is 6.33. The number of aromatic nitrogens is 3. The summed E-state index contributed by atoms with van der Waals surface area (Å²) in [5, 5.41) is 7.43. The molecule has 3 aliphatic rings. The Kier molecular flexibility index (Phi) is 8.79. The minimum absolute atomic E-state index is 0.145. The molecule has 0 aromatic carbocycles. The van der Waals surface area contributed by atoms with Crippen molar-refractivity contribution in [3.05, 3.63) is 113 Å². The minimum Gasteiger partial charge on any atom is -0.368 e. The average Bonchev–Trinajstić information content (AvgIpc) is 3.60. The predicted octanol–water partition coefficient (Wildman–Crippen LogP) is 6.93. The molecule has 1 fully saturated rings. The smallest absolute Gasteiger partial charge is 0.237 e. The molecule has 1 saturated carbocycles. The van der Waals surface area contributed by atoms with Crippen molar-refractivity contribution in [1.82, 2.24) is 20.1 Å². The Labute approximate surface area is 243 Å². The first-order valence-corrected chi connectivity index (χ1v) is 14.7. The van der Waals surface area contributed by atoms with Gasteiger partial charge in [-0.1, -0.05) is 79.7 Å². The topological polar surface area (TPSA) is 87.9 Å².